The van der Waals surface area contributed by atoms with Crippen molar-refractivity contribution in [3.8, 4) is 0 Å². The van der Waals surface area contributed by atoms with Crippen LogP contribution in [0.5, 0.6) is 0 Å². The zero-order valence-corrected chi connectivity index (χ0v) is 16.5. The van der Waals surface area contributed by atoms with Gasteiger partial charge in [-0.15, -0.1) is 0 Å². The maximum absolute atomic E-state index is 12.6. The quantitative estimate of drug-likeness (QED) is 0.744. The van der Waals surface area contributed by atoms with E-state index in [1.807, 2.05) is 30.9 Å². The SMILES string of the molecule is CCCN(CC1CC1)C(=O)/C=C1\SC(=Nc2c(C)cccc2Cl)NC1=O. The Kier molecular flexibility index (Phi) is 6.04. The Morgan fingerprint density at radius 2 is 2.23 bits per heavy atom. The van der Waals surface area contributed by atoms with E-state index in [-0.39, 0.29) is 11.8 Å². The van der Waals surface area contributed by atoms with Crippen LogP contribution in [0.15, 0.2) is 34.2 Å². The Hall–Kier alpha value is -1.79. The van der Waals surface area contributed by atoms with Gasteiger partial charge in [-0.05, 0) is 55.5 Å². The smallest absolute Gasteiger partial charge is 0.264 e. The second-order valence-electron chi connectivity index (χ2n) is 6.61. The molecule has 1 heterocycles. The van der Waals surface area contributed by atoms with E-state index in [1.165, 1.54) is 30.7 Å². The predicted octanol–water partition coefficient (Wildman–Crippen LogP) is 4.03. The van der Waals surface area contributed by atoms with Crippen LogP contribution in [0.2, 0.25) is 5.02 Å². The van der Waals surface area contributed by atoms with E-state index in [0.717, 1.165) is 18.5 Å². The molecule has 5 nitrogen and oxygen atoms in total. The lowest BCUT2D eigenvalue weighted by Crippen LogP contribution is -2.32. The van der Waals surface area contributed by atoms with Gasteiger partial charge in [0.2, 0.25) is 5.91 Å². The zero-order valence-electron chi connectivity index (χ0n) is 14.9. The molecule has 0 unspecified atom stereocenters. The van der Waals surface area contributed by atoms with E-state index in [2.05, 4.69) is 10.3 Å². The number of nitrogens with one attached hydrogen (secondary N) is 1. The van der Waals surface area contributed by atoms with Crippen molar-refractivity contribution in [2.75, 3.05) is 13.1 Å². The first-order chi connectivity index (χ1) is 12.5. The first kappa shape index (κ1) is 19.0. The Balaban J connectivity index is 1.75. The van der Waals surface area contributed by atoms with Crippen LogP contribution in [0.3, 0.4) is 0 Å². The molecule has 0 aromatic heterocycles. The Bertz CT molecular complexity index is 767. The van der Waals surface area contributed by atoms with Crippen molar-refractivity contribution in [3.05, 3.63) is 39.8 Å². The van der Waals surface area contributed by atoms with Crippen molar-refractivity contribution in [2.45, 2.75) is 33.1 Å². The van der Waals surface area contributed by atoms with Crippen LogP contribution in [0.4, 0.5) is 5.69 Å². The molecule has 0 radical (unpaired) electrons. The summed E-state index contributed by atoms with van der Waals surface area (Å²) in [5.41, 5.74) is 1.55. The first-order valence-electron chi connectivity index (χ1n) is 8.81. The highest BCUT2D eigenvalue weighted by Crippen LogP contribution is 2.33. The molecule has 1 saturated carbocycles. The summed E-state index contributed by atoms with van der Waals surface area (Å²) in [5.74, 6) is 0.218. The van der Waals surface area contributed by atoms with Crippen molar-refractivity contribution in [3.63, 3.8) is 0 Å². The summed E-state index contributed by atoms with van der Waals surface area (Å²) in [6.07, 6.45) is 4.71. The van der Waals surface area contributed by atoms with Crippen molar-refractivity contribution in [1.82, 2.24) is 10.2 Å². The molecule has 0 spiro atoms. The third-order valence-corrected chi connectivity index (χ3v) is 5.50. The van der Waals surface area contributed by atoms with Gasteiger partial charge in [-0.2, -0.15) is 0 Å². The molecule has 3 rings (SSSR count). The molecule has 1 aliphatic carbocycles. The number of amidine groups is 1. The van der Waals surface area contributed by atoms with Gasteiger partial charge in [0.05, 0.1) is 15.6 Å². The minimum absolute atomic E-state index is 0.105. The Morgan fingerprint density at radius 1 is 1.46 bits per heavy atom. The standard InChI is InChI=1S/C19H22ClN3O2S/c1-3-9-23(11-13-7-8-13)16(24)10-15-18(25)22-19(26-15)21-17-12(2)5-4-6-14(17)20/h4-6,10,13H,3,7-9,11H2,1-2H3,(H,21,22,25)/b15-10-. The number of hydrogen-bond acceptors (Lipinski definition) is 4. The van der Waals surface area contributed by atoms with Crippen LogP contribution in [-0.4, -0.2) is 35.0 Å². The number of halogens is 1. The van der Waals surface area contributed by atoms with Crippen LogP contribution in [0.25, 0.3) is 0 Å². The summed E-state index contributed by atoms with van der Waals surface area (Å²) in [6.45, 7) is 5.45. The van der Waals surface area contributed by atoms with Gasteiger partial charge in [0, 0.05) is 19.2 Å². The highest BCUT2D eigenvalue weighted by atomic mass is 35.5. The fourth-order valence-electron chi connectivity index (χ4n) is 2.72. The van der Waals surface area contributed by atoms with Crippen molar-refractivity contribution >= 4 is 46.0 Å². The largest absolute Gasteiger partial charge is 0.339 e. The van der Waals surface area contributed by atoms with Crippen LogP contribution in [-0.2, 0) is 9.59 Å². The van der Waals surface area contributed by atoms with Gasteiger partial charge in [-0.3, -0.25) is 9.59 Å². The van der Waals surface area contributed by atoms with Gasteiger partial charge >= 0.3 is 0 Å². The molecular formula is C19H22ClN3O2S. The molecule has 1 saturated heterocycles. The van der Waals surface area contributed by atoms with E-state index in [4.69, 9.17) is 11.6 Å². The second-order valence-corrected chi connectivity index (χ2v) is 8.05. The van der Waals surface area contributed by atoms with Gasteiger partial charge in [0.25, 0.3) is 5.91 Å². The summed E-state index contributed by atoms with van der Waals surface area (Å²) in [4.78, 5) is 31.4. The predicted molar refractivity (Wildman–Crippen MR) is 107 cm³/mol. The summed E-state index contributed by atoms with van der Waals surface area (Å²) in [7, 11) is 0. The number of aryl methyl sites for hydroxylation is 1. The van der Waals surface area contributed by atoms with Gasteiger partial charge in [0.1, 0.15) is 0 Å². The topological polar surface area (TPSA) is 61.8 Å². The number of thioether (sulfide) groups is 1. The fourth-order valence-corrected chi connectivity index (χ4v) is 3.78. The maximum atomic E-state index is 12.6. The van der Waals surface area contributed by atoms with Crippen LogP contribution in [0, 0.1) is 12.8 Å². The molecule has 2 amide bonds. The summed E-state index contributed by atoms with van der Waals surface area (Å²) < 4.78 is 0. The molecule has 1 aromatic rings. The number of para-hydroxylation sites is 1. The summed E-state index contributed by atoms with van der Waals surface area (Å²) in [5, 5.41) is 3.68. The van der Waals surface area contributed by atoms with Crippen LogP contribution < -0.4 is 5.32 Å². The van der Waals surface area contributed by atoms with E-state index in [9.17, 15) is 9.59 Å². The number of amides is 2. The third kappa shape index (κ3) is 4.68. The molecule has 7 heteroatoms. The molecule has 2 fully saturated rings. The van der Waals surface area contributed by atoms with Crippen LogP contribution in [0.1, 0.15) is 31.7 Å². The number of aliphatic imine (C=N–C) groups is 1. The van der Waals surface area contributed by atoms with Crippen molar-refractivity contribution in [1.29, 1.82) is 0 Å². The Morgan fingerprint density at radius 3 is 2.88 bits per heavy atom. The second kappa shape index (κ2) is 8.27. The minimum atomic E-state index is -0.297. The van der Waals surface area contributed by atoms with E-state index >= 15 is 0 Å². The average molecular weight is 392 g/mol. The minimum Gasteiger partial charge on any atom is -0.339 e. The molecule has 1 aliphatic heterocycles. The Labute approximate surface area is 162 Å². The van der Waals surface area contributed by atoms with Gasteiger partial charge in [-0.25, -0.2) is 4.99 Å². The summed E-state index contributed by atoms with van der Waals surface area (Å²) >= 11 is 7.36. The van der Waals surface area contributed by atoms with Crippen LogP contribution >= 0.6 is 23.4 Å². The molecular weight excluding hydrogens is 370 g/mol. The molecule has 0 atom stereocenters. The van der Waals surface area contributed by atoms with Gasteiger partial charge < -0.3 is 10.2 Å². The van der Waals surface area contributed by atoms with E-state index < -0.39 is 0 Å². The number of nitrogens with zero attached hydrogens (tertiary/aromatic N) is 2. The number of hydrogen-bond donors (Lipinski definition) is 1. The highest BCUT2D eigenvalue weighted by molar-refractivity contribution is 8.18. The highest BCUT2D eigenvalue weighted by Gasteiger charge is 2.29. The van der Waals surface area contributed by atoms with Crippen molar-refractivity contribution < 1.29 is 9.59 Å². The average Bonchev–Trinajstić information content (AvgIpc) is 3.34. The summed E-state index contributed by atoms with van der Waals surface area (Å²) in [6, 6.07) is 5.53. The first-order valence-corrected chi connectivity index (χ1v) is 10.0. The molecule has 2 aliphatic rings. The molecule has 1 aromatic carbocycles. The lowest BCUT2D eigenvalue weighted by atomic mass is 10.2. The molecule has 0 bridgehead atoms. The fraction of sp³-hybridized carbons (Fsp3) is 0.421. The zero-order chi connectivity index (χ0) is 18.7. The number of benzene rings is 1. The molecule has 138 valence electrons. The maximum Gasteiger partial charge on any atom is 0.264 e. The third-order valence-electron chi connectivity index (χ3n) is 4.29. The van der Waals surface area contributed by atoms with E-state index in [1.54, 1.807) is 6.07 Å². The molecule has 26 heavy (non-hydrogen) atoms. The monoisotopic (exact) mass is 391 g/mol. The van der Waals surface area contributed by atoms with Gasteiger partial charge in [-0.1, -0.05) is 30.7 Å². The number of carbonyl (C=O) groups is 2. The number of rotatable bonds is 6. The number of carbonyl (C=O) groups excluding carboxylic acids is 2. The van der Waals surface area contributed by atoms with Gasteiger partial charge in [0.15, 0.2) is 5.17 Å². The van der Waals surface area contributed by atoms with E-state index in [0.29, 0.717) is 33.2 Å². The lowest BCUT2D eigenvalue weighted by Gasteiger charge is -2.20. The van der Waals surface area contributed by atoms with Crippen molar-refractivity contribution in [2.24, 2.45) is 10.9 Å². The molecule has 1 N–H and O–H groups in total. The lowest BCUT2D eigenvalue weighted by molar-refractivity contribution is -0.126. The normalized spacial score (nSPS) is 19.9.